The van der Waals surface area contributed by atoms with E-state index in [9.17, 15) is 19.2 Å². The molecule has 116 heavy (non-hydrogen) atoms. The highest BCUT2D eigenvalue weighted by molar-refractivity contribution is 8.04. The molecule has 0 unspecified atom stereocenters. The lowest BCUT2D eigenvalue weighted by molar-refractivity contribution is -0.114. The molecule has 16 rings (SSSR count). The number of Topliss-reactive ketones (excluding diaryl/α,β-unsaturated/α-hetero) is 2. The zero-order valence-electron chi connectivity index (χ0n) is 67.8. The van der Waals surface area contributed by atoms with E-state index in [4.69, 9.17) is 78.8 Å². The second kappa shape index (κ2) is 38.2. The number of carbonyl (C=O) groups is 2. The first-order chi connectivity index (χ1) is 55.7. The number of likely N-dealkylation sites (tertiary alicyclic amines) is 2. The molecule has 0 radical (unpaired) electrons. The molecule has 4 saturated carbocycles. The zero-order chi connectivity index (χ0) is 82.4. The van der Waals surface area contributed by atoms with E-state index in [1.54, 1.807) is 84.8 Å². The summed E-state index contributed by atoms with van der Waals surface area (Å²) in [6.45, 7) is 20.8. The first-order valence-corrected chi connectivity index (χ1v) is 45.8. The second-order valence-corrected chi connectivity index (χ2v) is 39.0. The van der Waals surface area contributed by atoms with Crippen molar-refractivity contribution in [3.05, 3.63) is 142 Å². The van der Waals surface area contributed by atoms with E-state index in [2.05, 4.69) is 75.3 Å². The molecule has 8 N–H and O–H groups in total. The number of pyridine rings is 3. The van der Waals surface area contributed by atoms with Gasteiger partial charge in [0.05, 0.1) is 73.8 Å². The number of aliphatic imine (C=N–C) groups is 2. The first kappa shape index (κ1) is 87.6. The van der Waals surface area contributed by atoms with Crippen LogP contribution in [-0.4, -0.2) is 157 Å². The van der Waals surface area contributed by atoms with Gasteiger partial charge in [0.15, 0.2) is 11.6 Å². The number of hydrogen-bond donors (Lipinski definition) is 4. The Hall–Kier alpha value is -6.21. The number of thioether (sulfide) groups is 2. The van der Waals surface area contributed by atoms with Gasteiger partial charge in [-0.2, -0.15) is 0 Å². The molecule has 31 heteroatoms. The van der Waals surface area contributed by atoms with Gasteiger partial charge in [0.2, 0.25) is 23.7 Å². The standard InChI is InChI=1S/C22H30ClN5O2S.C22H29ClN4O2S.C21H28N4OS.C20H24Cl2N4OS/c1-4-30-19-17(23)15(6-10-25-19)31-16-13-26-21(27(3)20(16)29)28-11-8-22(9-12-28)7-5-14(2)18(22)24;1-3-29-21-19(23)16(5-9-25-21)30-17-13-26-18(12-15(17)28)27-10-7-22(8-11-27)6-4-14(2)20(22)24;1-14-5-6-21(20(14)22)7-10-25(11-8-21)19-12-16(26)18(13-24-19)27-17-4-3-9-23-15(17)2;1-25-18(27)15(28-14-5-2-4-13(21)17(14)22)12-24-19(25)26-10-8-20(9-11-26)7-3-6-16(20)23/h6,10,13-14,18H,4-5,7-9,11-12,24H2,1-3H3;5,9,13-14,20H,3-4,6-8,10-12,24H2,1-2H3;3-4,9,13-14,20H,5-8,10-12,22H2,1-2H3;2,4-5,12,16H,3,6-11,23H2,1H3/t14-,18-;2*14-,20-;16-/m1111/s1. The Kier molecular flexibility index (Phi) is 28.9. The van der Waals surface area contributed by atoms with Gasteiger partial charge in [-0.05, 0) is 199 Å². The van der Waals surface area contributed by atoms with Crippen molar-refractivity contribution in [1.82, 2.24) is 43.9 Å². The summed E-state index contributed by atoms with van der Waals surface area (Å²) >= 11 is 30.5. The highest BCUT2D eigenvalue weighted by Crippen LogP contribution is 2.53. The van der Waals surface area contributed by atoms with Crippen LogP contribution in [-0.2, 0) is 23.7 Å². The van der Waals surface area contributed by atoms with Crippen LogP contribution in [0, 0.1) is 46.3 Å². The number of benzene rings is 1. The van der Waals surface area contributed by atoms with Gasteiger partial charge in [0.1, 0.15) is 21.7 Å². The van der Waals surface area contributed by atoms with E-state index >= 15 is 0 Å². The highest BCUT2D eigenvalue weighted by atomic mass is 35.5. The smallest absolute Gasteiger partial charge is 0.268 e. The summed E-state index contributed by atoms with van der Waals surface area (Å²) in [5, 5.41) is 1.76. The Morgan fingerprint density at radius 2 is 0.845 bits per heavy atom. The number of anilines is 2. The van der Waals surface area contributed by atoms with Gasteiger partial charge in [0, 0.05) is 141 Å². The van der Waals surface area contributed by atoms with Gasteiger partial charge < -0.3 is 52.0 Å². The molecule has 8 fully saturated rings. The fraction of sp³-hybridized carbons (Fsp3) is 0.565. The predicted molar refractivity (Wildman–Crippen MR) is 471 cm³/mol. The summed E-state index contributed by atoms with van der Waals surface area (Å²) < 4.78 is 14.2. The molecule has 6 aromatic rings. The van der Waals surface area contributed by atoms with Crippen molar-refractivity contribution in [2.45, 2.75) is 217 Å². The third-order valence-corrected chi connectivity index (χ3v) is 32.9. The second-order valence-electron chi connectivity index (χ2n) is 33.1. The summed E-state index contributed by atoms with van der Waals surface area (Å²) in [4.78, 5) is 97.1. The van der Waals surface area contributed by atoms with Crippen LogP contribution in [0.5, 0.6) is 11.8 Å². The number of aryl methyl sites for hydroxylation is 1. The van der Waals surface area contributed by atoms with Crippen molar-refractivity contribution in [2.75, 3.05) is 75.4 Å². The Morgan fingerprint density at radius 1 is 0.448 bits per heavy atom. The Morgan fingerprint density at radius 3 is 1.23 bits per heavy atom. The third-order valence-electron chi connectivity index (χ3n) is 26.6. The number of nitrogens with zero attached hydrogens (tertiary/aromatic N) is 13. The lowest BCUT2D eigenvalue weighted by Crippen LogP contribution is -2.50. The van der Waals surface area contributed by atoms with Gasteiger partial charge in [0.25, 0.3) is 11.1 Å². The average molecular weight is 1740 g/mol. The van der Waals surface area contributed by atoms with E-state index in [0.29, 0.717) is 131 Å². The van der Waals surface area contributed by atoms with E-state index in [0.717, 1.165) is 147 Å². The minimum Gasteiger partial charge on any atom is -0.477 e. The van der Waals surface area contributed by atoms with E-state index < -0.39 is 0 Å². The Labute approximate surface area is 718 Å². The summed E-state index contributed by atoms with van der Waals surface area (Å²) in [5.41, 5.74) is 27.9. The third kappa shape index (κ3) is 19.1. The Bertz CT molecular complexity index is 4800. The number of rotatable bonds is 14. The summed E-state index contributed by atoms with van der Waals surface area (Å²) in [6.07, 6.45) is 32.1. The van der Waals surface area contributed by atoms with Crippen molar-refractivity contribution >= 4 is 129 Å². The van der Waals surface area contributed by atoms with Gasteiger partial charge in [-0.25, -0.2) is 29.9 Å². The van der Waals surface area contributed by atoms with E-state index in [-0.39, 0.29) is 45.0 Å². The van der Waals surface area contributed by atoms with Crippen LogP contribution in [0.2, 0.25) is 20.1 Å². The van der Waals surface area contributed by atoms with Crippen LogP contribution < -0.4 is 53.3 Å². The largest absolute Gasteiger partial charge is 0.477 e. The molecule has 0 bridgehead atoms. The van der Waals surface area contributed by atoms with Gasteiger partial charge in [-0.3, -0.25) is 33.3 Å². The maximum absolute atomic E-state index is 13.1. The predicted octanol–water partition coefficient (Wildman–Crippen LogP) is 15.9. The summed E-state index contributed by atoms with van der Waals surface area (Å²) in [5.74, 6) is 6.02. The van der Waals surface area contributed by atoms with E-state index in [1.807, 2.05) is 45.0 Å². The van der Waals surface area contributed by atoms with Gasteiger partial charge in [-0.1, -0.05) is 127 Å². The molecule has 4 spiro atoms. The lowest BCUT2D eigenvalue weighted by Gasteiger charge is -2.44. The highest BCUT2D eigenvalue weighted by Gasteiger charge is 2.50. The van der Waals surface area contributed by atoms with Gasteiger partial charge >= 0.3 is 0 Å². The number of nitrogens with two attached hydrogens (primary N) is 4. The lowest BCUT2D eigenvalue weighted by atomic mass is 9.73. The van der Waals surface area contributed by atoms with E-state index in [1.165, 1.54) is 98.4 Å². The average Bonchev–Trinajstić information content (AvgIpc) is 1.56. The molecule has 4 aliphatic carbocycles. The molecule has 1 aromatic carbocycles. The molecule has 5 aromatic heterocycles. The van der Waals surface area contributed by atoms with Crippen LogP contribution >= 0.6 is 93.5 Å². The molecule has 4 saturated heterocycles. The number of aromatic nitrogens is 7. The molecular weight excluding hydrogens is 1630 g/mol. The number of allylic oxidation sites excluding steroid dienone is 2. The fourth-order valence-electron chi connectivity index (χ4n) is 19.0. The number of piperidine rings is 4. The van der Waals surface area contributed by atoms with Crippen LogP contribution in [0.4, 0.5) is 11.9 Å². The minimum atomic E-state index is -0.0904. The molecule has 10 aliphatic rings. The first-order valence-electron chi connectivity index (χ1n) is 41.0. The monoisotopic (exact) mass is 1730 g/mol. The molecule has 0 amide bonds. The number of carbonyl (C=O) groups excluding carboxylic acids is 2. The molecule has 23 nitrogen and oxygen atoms in total. The van der Waals surface area contributed by atoms with Crippen molar-refractivity contribution in [1.29, 1.82) is 0 Å². The zero-order valence-corrected chi connectivity index (χ0v) is 74.1. The van der Waals surface area contributed by atoms with Crippen molar-refractivity contribution in [3.8, 4) is 11.8 Å². The number of ether oxygens (including phenoxy) is 2. The van der Waals surface area contributed by atoms with Crippen LogP contribution in [0.3, 0.4) is 0 Å². The number of halogens is 4. The molecular formula is C85H111Cl4N17O6S4. The molecule has 624 valence electrons. The quantitative estimate of drug-likeness (QED) is 0.0787. The van der Waals surface area contributed by atoms with Gasteiger partial charge in [-0.15, -0.1) is 0 Å². The topological polar surface area (TPSA) is 303 Å². The van der Waals surface area contributed by atoms with Crippen LogP contribution in [0.1, 0.15) is 162 Å². The number of ketones is 2. The van der Waals surface area contributed by atoms with Crippen molar-refractivity contribution < 1.29 is 19.1 Å². The van der Waals surface area contributed by atoms with Crippen LogP contribution in [0.15, 0.2) is 145 Å². The molecule has 11 heterocycles. The minimum absolute atomic E-state index is 0.0716. The molecule has 6 aliphatic heterocycles. The van der Waals surface area contributed by atoms with Crippen LogP contribution in [0.25, 0.3) is 0 Å². The maximum atomic E-state index is 13.1. The SMILES string of the molecule is CCOc1nccc(SC2=CN=C(N3CCC4(CC[C@@H](C)[C@H]4N)CC3)CC2=O)c1Cl.CCOc1nccc(Sc2cnc(N3CCC4(CC[C@@H](C)[C@H]4N)CC3)n(C)c2=O)c1Cl.Cc1ncccc1SC1=CN=C(N2CCC3(CC[C@@H](C)[C@H]3N)CC2)CC1=O.Cn1c(N2CCC3(CCC[C@H]3N)CC2)ncc(Sc2cccc(Cl)c2Cl)c1=O. The summed E-state index contributed by atoms with van der Waals surface area (Å²) in [7, 11) is 3.56. The molecule has 7 atom stereocenters. The fourth-order valence-corrected chi connectivity index (χ4v) is 23.5. The number of hydrogen-bond acceptors (Lipinski definition) is 25. The number of amidine groups is 2. The van der Waals surface area contributed by atoms with Crippen molar-refractivity contribution in [3.63, 3.8) is 0 Å². The Balaban J connectivity index is 0.000000135. The maximum Gasteiger partial charge on any atom is 0.268 e. The normalized spacial score (nSPS) is 24.4. The summed E-state index contributed by atoms with van der Waals surface area (Å²) in [6, 6.07) is 14.1. The van der Waals surface area contributed by atoms with Crippen molar-refractivity contribution in [2.24, 2.45) is 86.4 Å².